The number of alkyl halides is 2. The molecule has 0 aliphatic carbocycles. The quantitative estimate of drug-likeness (QED) is 0.690. The minimum Gasteiger partial charge on any atom is -0.454 e. The summed E-state index contributed by atoms with van der Waals surface area (Å²) >= 11 is 0. The Bertz CT molecular complexity index is 365. The van der Waals surface area contributed by atoms with Gasteiger partial charge in [0, 0.05) is 19.9 Å². The molecular weight excluding hydrogens is 260 g/mol. The Labute approximate surface area is 110 Å². The molecule has 0 saturated carbocycles. The largest absolute Gasteiger partial charge is 0.454 e. The zero-order chi connectivity index (χ0) is 14.8. The number of rotatable bonds is 1. The van der Waals surface area contributed by atoms with Gasteiger partial charge in [0.15, 0.2) is 6.10 Å². The van der Waals surface area contributed by atoms with E-state index >= 15 is 0 Å². The van der Waals surface area contributed by atoms with Crippen LogP contribution in [0.15, 0.2) is 0 Å². The molecule has 1 heterocycles. The first-order valence-corrected chi connectivity index (χ1v) is 6.04. The van der Waals surface area contributed by atoms with Crippen LogP contribution < -0.4 is 0 Å². The fraction of sp³-hybridized carbons (Fsp3) is 0.833. The zero-order valence-corrected chi connectivity index (χ0v) is 11.5. The van der Waals surface area contributed by atoms with Gasteiger partial charge in [-0.1, -0.05) is 0 Å². The van der Waals surface area contributed by atoms with Gasteiger partial charge in [-0.15, -0.1) is 0 Å². The second kappa shape index (κ2) is 5.30. The first kappa shape index (κ1) is 15.7. The lowest BCUT2D eigenvalue weighted by Crippen LogP contribution is -2.54. The van der Waals surface area contributed by atoms with Crippen LogP contribution in [0.25, 0.3) is 0 Å². The molecule has 1 saturated heterocycles. The van der Waals surface area contributed by atoms with E-state index in [1.807, 2.05) is 0 Å². The summed E-state index contributed by atoms with van der Waals surface area (Å²) in [5.41, 5.74) is -0.700. The van der Waals surface area contributed by atoms with E-state index < -0.39 is 36.1 Å². The van der Waals surface area contributed by atoms with Crippen LogP contribution in [-0.4, -0.2) is 47.7 Å². The lowest BCUT2D eigenvalue weighted by Gasteiger charge is -2.37. The van der Waals surface area contributed by atoms with Crippen molar-refractivity contribution in [2.45, 2.75) is 51.7 Å². The fourth-order valence-electron chi connectivity index (χ4n) is 1.69. The monoisotopic (exact) mass is 279 g/mol. The van der Waals surface area contributed by atoms with Crippen molar-refractivity contribution in [3.8, 4) is 0 Å². The molecular formula is C12H19F2NO4. The van der Waals surface area contributed by atoms with Crippen LogP contribution in [0, 0.1) is 0 Å². The van der Waals surface area contributed by atoms with Crippen molar-refractivity contribution in [3.63, 3.8) is 0 Å². The minimum absolute atomic E-state index is 0.125. The second-order valence-corrected chi connectivity index (χ2v) is 5.54. The molecule has 1 atom stereocenters. The molecule has 7 heteroatoms. The maximum absolute atomic E-state index is 13.5. The van der Waals surface area contributed by atoms with Gasteiger partial charge in [0.25, 0.3) is 5.92 Å². The van der Waals surface area contributed by atoms with Crippen LogP contribution in [0.3, 0.4) is 0 Å². The number of halogens is 2. The number of nitrogens with zero attached hydrogens (tertiary/aromatic N) is 1. The van der Waals surface area contributed by atoms with E-state index in [-0.39, 0.29) is 13.1 Å². The SMILES string of the molecule is CC(=O)O[C@@H]1CN(C(=O)OC(C)(C)C)CCC1(F)F. The Hall–Kier alpha value is -1.40. The molecule has 0 bridgehead atoms. The zero-order valence-electron chi connectivity index (χ0n) is 11.5. The van der Waals surface area contributed by atoms with Crippen LogP contribution in [0.1, 0.15) is 34.1 Å². The van der Waals surface area contributed by atoms with E-state index in [1.165, 1.54) is 0 Å². The number of hydrogen-bond acceptors (Lipinski definition) is 4. The number of piperidine rings is 1. The van der Waals surface area contributed by atoms with Gasteiger partial charge in [0.1, 0.15) is 5.60 Å². The van der Waals surface area contributed by atoms with Gasteiger partial charge in [-0.2, -0.15) is 0 Å². The smallest absolute Gasteiger partial charge is 0.410 e. The predicted octanol–water partition coefficient (Wildman–Crippen LogP) is 2.19. The van der Waals surface area contributed by atoms with E-state index in [4.69, 9.17) is 4.74 Å². The summed E-state index contributed by atoms with van der Waals surface area (Å²) in [6, 6.07) is 0. The van der Waals surface area contributed by atoms with Gasteiger partial charge in [-0.05, 0) is 20.8 Å². The summed E-state index contributed by atoms with van der Waals surface area (Å²) in [6.07, 6.45) is -2.85. The number of amides is 1. The highest BCUT2D eigenvalue weighted by Gasteiger charge is 2.48. The highest BCUT2D eigenvalue weighted by Crippen LogP contribution is 2.31. The summed E-state index contributed by atoms with van der Waals surface area (Å²) in [5, 5.41) is 0. The summed E-state index contributed by atoms with van der Waals surface area (Å²) < 4.78 is 36.8. The number of carbonyl (C=O) groups is 2. The first-order chi connectivity index (χ1) is 8.51. The maximum atomic E-state index is 13.5. The standard InChI is InChI=1S/C12H19F2NO4/c1-8(16)18-9-7-15(6-5-12(9,13)14)10(17)19-11(2,3)4/h9H,5-7H2,1-4H3/t9-/m1/s1. The molecule has 19 heavy (non-hydrogen) atoms. The van der Waals surface area contributed by atoms with Gasteiger partial charge in [-0.3, -0.25) is 4.79 Å². The number of hydrogen-bond donors (Lipinski definition) is 0. The summed E-state index contributed by atoms with van der Waals surface area (Å²) in [6.45, 7) is 5.64. The van der Waals surface area contributed by atoms with Gasteiger partial charge in [0.2, 0.25) is 0 Å². The van der Waals surface area contributed by atoms with E-state index in [0.29, 0.717) is 0 Å². The van der Waals surface area contributed by atoms with Gasteiger partial charge in [-0.25, -0.2) is 13.6 Å². The molecule has 0 aromatic rings. The molecule has 1 amide bonds. The average Bonchev–Trinajstić information content (AvgIpc) is 2.17. The molecule has 0 aromatic carbocycles. The van der Waals surface area contributed by atoms with Crippen molar-refractivity contribution in [3.05, 3.63) is 0 Å². The summed E-state index contributed by atoms with van der Waals surface area (Å²) in [7, 11) is 0. The Morgan fingerprint density at radius 3 is 2.37 bits per heavy atom. The molecule has 0 aromatic heterocycles. The molecule has 5 nitrogen and oxygen atoms in total. The van der Waals surface area contributed by atoms with Crippen molar-refractivity contribution >= 4 is 12.1 Å². The predicted molar refractivity (Wildman–Crippen MR) is 62.9 cm³/mol. The minimum atomic E-state index is -3.12. The lowest BCUT2D eigenvalue weighted by molar-refractivity contribution is -0.185. The van der Waals surface area contributed by atoms with Crippen LogP contribution in [0.5, 0.6) is 0 Å². The normalized spacial score (nSPS) is 22.8. The average molecular weight is 279 g/mol. The number of carbonyl (C=O) groups excluding carboxylic acids is 2. The molecule has 0 radical (unpaired) electrons. The van der Waals surface area contributed by atoms with Crippen molar-refractivity contribution in [2.24, 2.45) is 0 Å². The topological polar surface area (TPSA) is 55.8 Å². The van der Waals surface area contributed by atoms with Crippen molar-refractivity contribution < 1.29 is 27.8 Å². The molecule has 0 unspecified atom stereocenters. The second-order valence-electron chi connectivity index (χ2n) is 5.54. The van der Waals surface area contributed by atoms with E-state index in [9.17, 15) is 18.4 Å². The van der Waals surface area contributed by atoms with Crippen LogP contribution >= 0.6 is 0 Å². The molecule has 1 rings (SSSR count). The highest BCUT2D eigenvalue weighted by atomic mass is 19.3. The van der Waals surface area contributed by atoms with Crippen LogP contribution in [-0.2, 0) is 14.3 Å². The Balaban J connectivity index is 2.70. The molecule has 110 valence electrons. The third kappa shape index (κ3) is 4.65. The fourth-order valence-corrected chi connectivity index (χ4v) is 1.69. The van der Waals surface area contributed by atoms with E-state index in [0.717, 1.165) is 11.8 Å². The van der Waals surface area contributed by atoms with Gasteiger partial charge < -0.3 is 14.4 Å². The lowest BCUT2D eigenvalue weighted by atomic mass is 10.0. The maximum Gasteiger partial charge on any atom is 0.410 e. The van der Waals surface area contributed by atoms with Crippen molar-refractivity contribution in [2.75, 3.05) is 13.1 Å². The van der Waals surface area contributed by atoms with Gasteiger partial charge >= 0.3 is 12.1 Å². The molecule has 0 spiro atoms. The molecule has 1 aliphatic rings. The molecule has 1 aliphatic heterocycles. The van der Waals surface area contributed by atoms with E-state index in [1.54, 1.807) is 20.8 Å². The van der Waals surface area contributed by atoms with Crippen molar-refractivity contribution in [1.82, 2.24) is 4.90 Å². The Morgan fingerprint density at radius 1 is 1.32 bits per heavy atom. The highest BCUT2D eigenvalue weighted by molar-refractivity contribution is 5.69. The Kier molecular flexibility index (Phi) is 4.37. The third-order valence-electron chi connectivity index (χ3n) is 2.53. The molecule has 0 N–H and O–H groups in total. The Morgan fingerprint density at radius 2 is 1.89 bits per heavy atom. The van der Waals surface area contributed by atoms with Gasteiger partial charge in [0.05, 0.1) is 6.54 Å². The number of esters is 1. The number of likely N-dealkylation sites (tertiary alicyclic amines) is 1. The third-order valence-corrected chi connectivity index (χ3v) is 2.53. The van der Waals surface area contributed by atoms with E-state index in [2.05, 4.69) is 4.74 Å². The summed E-state index contributed by atoms with van der Waals surface area (Å²) in [4.78, 5) is 23.7. The number of ether oxygens (including phenoxy) is 2. The first-order valence-electron chi connectivity index (χ1n) is 6.04. The summed E-state index contributed by atoms with van der Waals surface area (Å²) in [5.74, 6) is -3.92. The van der Waals surface area contributed by atoms with Crippen molar-refractivity contribution in [1.29, 1.82) is 0 Å². The van der Waals surface area contributed by atoms with Crippen LogP contribution in [0.2, 0.25) is 0 Å². The molecule has 1 fully saturated rings. The van der Waals surface area contributed by atoms with Crippen LogP contribution in [0.4, 0.5) is 13.6 Å².